The second-order valence-corrected chi connectivity index (χ2v) is 7.37. The summed E-state index contributed by atoms with van der Waals surface area (Å²) in [6.45, 7) is 1.96. The fraction of sp³-hybridized carbons (Fsp3) is 0.148. The van der Waals surface area contributed by atoms with Gasteiger partial charge in [-0.3, -0.25) is 4.79 Å². The molecule has 5 nitrogen and oxygen atoms in total. The third-order valence-corrected chi connectivity index (χ3v) is 5.26. The summed E-state index contributed by atoms with van der Waals surface area (Å²) in [7, 11) is 4.82. The molecule has 1 aromatic heterocycles. The molecule has 5 heteroatoms. The van der Waals surface area contributed by atoms with Gasteiger partial charge >= 0.3 is 0 Å². The van der Waals surface area contributed by atoms with E-state index in [4.69, 9.17) is 18.6 Å². The molecule has 0 bridgehead atoms. The first-order valence-electron chi connectivity index (χ1n) is 10.2. The Bertz CT molecular complexity index is 1350. The van der Waals surface area contributed by atoms with E-state index in [1.165, 1.54) is 6.07 Å². The Kier molecular flexibility index (Phi) is 5.99. The molecule has 0 spiro atoms. The lowest BCUT2D eigenvalue weighted by molar-refractivity contribution is 0.394. The van der Waals surface area contributed by atoms with E-state index < -0.39 is 0 Å². The third kappa shape index (κ3) is 4.23. The maximum atomic E-state index is 12.8. The van der Waals surface area contributed by atoms with E-state index in [0.29, 0.717) is 33.8 Å². The first-order chi connectivity index (χ1) is 15.5. The minimum absolute atomic E-state index is 0.107. The molecule has 0 saturated carbocycles. The van der Waals surface area contributed by atoms with Crippen LogP contribution in [-0.4, -0.2) is 21.3 Å². The summed E-state index contributed by atoms with van der Waals surface area (Å²) < 4.78 is 22.5. The largest absolute Gasteiger partial charge is 0.497 e. The van der Waals surface area contributed by atoms with Crippen LogP contribution < -0.4 is 19.6 Å². The van der Waals surface area contributed by atoms with E-state index in [2.05, 4.69) is 0 Å². The van der Waals surface area contributed by atoms with Crippen LogP contribution >= 0.6 is 0 Å². The molecule has 3 aromatic carbocycles. The number of hydrogen-bond donors (Lipinski definition) is 0. The summed E-state index contributed by atoms with van der Waals surface area (Å²) >= 11 is 0. The van der Waals surface area contributed by atoms with Gasteiger partial charge in [0.25, 0.3) is 0 Å². The van der Waals surface area contributed by atoms with Gasteiger partial charge < -0.3 is 18.6 Å². The van der Waals surface area contributed by atoms with Crippen molar-refractivity contribution in [3.63, 3.8) is 0 Å². The van der Waals surface area contributed by atoms with Gasteiger partial charge in [0.15, 0.2) is 5.43 Å². The maximum absolute atomic E-state index is 12.8. The Balaban J connectivity index is 1.90. The normalized spacial score (nSPS) is 11.1. The summed E-state index contributed by atoms with van der Waals surface area (Å²) in [5.74, 6) is 2.41. The molecule has 32 heavy (non-hydrogen) atoms. The molecule has 0 aliphatic rings. The minimum atomic E-state index is -0.107. The van der Waals surface area contributed by atoms with Crippen LogP contribution in [0.25, 0.3) is 34.4 Å². The minimum Gasteiger partial charge on any atom is -0.497 e. The van der Waals surface area contributed by atoms with E-state index in [1.807, 2.05) is 61.5 Å². The molecular formula is C27H24O5. The zero-order valence-electron chi connectivity index (χ0n) is 18.5. The maximum Gasteiger partial charge on any atom is 0.193 e. The fourth-order valence-corrected chi connectivity index (χ4v) is 3.57. The molecule has 0 atom stereocenters. The zero-order valence-corrected chi connectivity index (χ0v) is 18.5. The molecule has 0 fully saturated rings. The van der Waals surface area contributed by atoms with Gasteiger partial charge in [-0.05, 0) is 53.9 Å². The van der Waals surface area contributed by atoms with Crippen LogP contribution in [0.1, 0.15) is 16.7 Å². The molecular weight excluding hydrogens is 404 g/mol. The van der Waals surface area contributed by atoms with Crippen molar-refractivity contribution in [3.05, 3.63) is 87.6 Å². The number of benzene rings is 3. The third-order valence-electron chi connectivity index (χ3n) is 5.26. The molecule has 162 valence electrons. The summed E-state index contributed by atoms with van der Waals surface area (Å²) in [6.07, 6.45) is 3.92. The van der Waals surface area contributed by atoms with Crippen LogP contribution in [0.4, 0.5) is 0 Å². The quantitative estimate of drug-likeness (QED) is 0.355. The number of fused-ring (bicyclic) bond motifs is 1. The standard InChI is InChI=1S/C27H24O5/c1-17-5-12-22-23(28)16-26(32-24(22)13-17)27-19(14-21(30-3)15-25(27)31-4)9-6-18-7-10-20(29-2)11-8-18/h5-16H,1-4H3. The topological polar surface area (TPSA) is 57.9 Å². The van der Waals surface area contributed by atoms with Crippen molar-refractivity contribution in [1.29, 1.82) is 0 Å². The second-order valence-electron chi connectivity index (χ2n) is 7.37. The molecule has 4 rings (SSSR count). The van der Waals surface area contributed by atoms with Crippen molar-refractivity contribution in [3.8, 4) is 28.6 Å². The van der Waals surface area contributed by atoms with Gasteiger partial charge in [0, 0.05) is 12.1 Å². The molecule has 0 amide bonds. The molecule has 1 heterocycles. The highest BCUT2D eigenvalue weighted by Crippen LogP contribution is 2.38. The van der Waals surface area contributed by atoms with Gasteiger partial charge in [0.2, 0.25) is 0 Å². The summed E-state index contributed by atoms with van der Waals surface area (Å²) in [5.41, 5.74) is 3.92. The van der Waals surface area contributed by atoms with E-state index in [-0.39, 0.29) is 5.43 Å². The number of methoxy groups -OCH3 is 3. The fourth-order valence-electron chi connectivity index (χ4n) is 3.57. The Morgan fingerprint density at radius 3 is 2.22 bits per heavy atom. The van der Waals surface area contributed by atoms with Crippen molar-refractivity contribution in [1.82, 2.24) is 0 Å². The second kappa shape index (κ2) is 9.02. The van der Waals surface area contributed by atoms with Crippen molar-refractivity contribution in [2.75, 3.05) is 21.3 Å². The smallest absolute Gasteiger partial charge is 0.193 e. The van der Waals surface area contributed by atoms with Gasteiger partial charge in [-0.2, -0.15) is 0 Å². The first-order valence-corrected chi connectivity index (χ1v) is 10.2. The Hall–Kier alpha value is -3.99. The molecule has 0 saturated heterocycles. The van der Waals surface area contributed by atoms with E-state index in [9.17, 15) is 4.79 Å². The average Bonchev–Trinajstić information content (AvgIpc) is 2.81. The first kappa shape index (κ1) is 21.2. The molecule has 4 aromatic rings. The average molecular weight is 428 g/mol. The summed E-state index contributed by atoms with van der Waals surface area (Å²) in [6, 6.07) is 18.5. The van der Waals surface area contributed by atoms with Gasteiger partial charge in [-0.25, -0.2) is 0 Å². The SMILES string of the molecule is COc1ccc(C=Cc2cc(OC)cc(OC)c2-c2cc(=O)c3ccc(C)cc3o2)cc1. The number of rotatable bonds is 6. The molecule has 0 unspecified atom stereocenters. The van der Waals surface area contributed by atoms with E-state index in [0.717, 1.165) is 22.4 Å². The summed E-state index contributed by atoms with van der Waals surface area (Å²) in [4.78, 5) is 12.8. The summed E-state index contributed by atoms with van der Waals surface area (Å²) in [5, 5.41) is 0.544. The molecule has 0 aliphatic carbocycles. The Labute approximate surface area is 186 Å². The van der Waals surface area contributed by atoms with Crippen molar-refractivity contribution in [2.24, 2.45) is 0 Å². The van der Waals surface area contributed by atoms with Crippen LogP contribution in [0.15, 0.2) is 69.9 Å². The van der Waals surface area contributed by atoms with Crippen molar-refractivity contribution < 1.29 is 18.6 Å². The van der Waals surface area contributed by atoms with Crippen LogP contribution in [0, 0.1) is 6.92 Å². The van der Waals surface area contributed by atoms with Crippen LogP contribution in [0.5, 0.6) is 17.2 Å². The van der Waals surface area contributed by atoms with Gasteiger partial charge in [-0.1, -0.05) is 30.4 Å². The van der Waals surface area contributed by atoms with Crippen molar-refractivity contribution in [2.45, 2.75) is 6.92 Å². The number of hydrogen-bond acceptors (Lipinski definition) is 5. The van der Waals surface area contributed by atoms with Crippen LogP contribution in [0.2, 0.25) is 0 Å². The van der Waals surface area contributed by atoms with Crippen molar-refractivity contribution >= 4 is 23.1 Å². The Morgan fingerprint density at radius 1 is 0.781 bits per heavy atom. The highest BCUT2D eigenvalue weighted by atomic mass is 16.5. The predicted molar refractivity (Wildman–Crippen MR) is 128 cm³/mol. The zero-order chi connectivity index (χ0) is 22.7. The number of aryl methyl sites for hydroxylation is 1. The van der Waals surface area contributed by atoms with Crippen LogP contribution in [0.3, 0.4) is 0 Å². The molecule has 0 aliphatic heterocycles. The van der Waals surface area contributed by atoms with Gasteiger partial charge in [0.1, 0.15) is 28.6 Å². The molecule has 0 radical (unpaired) electrons. The highest BCUT2D eigenvalue weighted by molar-refractivity contribution is 5.86. The monoisotopic (exact) mass is 428 g/mol. The molecule has 0 N–H and O–H groups in total. The lowest BCUT2D eigenvalue weighted by Crippen LogP contribution is -2.02. The highest BCUT2D eigenvalue weighted by Gasteiger charge is 2.17. The Morgan fingerprint density at radius 2 is 1.53 bits per heavy atom. The van der Waals surface area contributed by atoms with Crippen LogP contribution in [-0.2, 0) is 0 Å². The van der Waals surface area contributed by atoms with E-state index >= 15 is 0 Å². The number of ether oxygens (including phenoxy) is 3. The van der Waals surface area contributed by atoms with Gasteiger partial charge in [0.05, 0.1) is 32.3 Å². The van der Waals surface area contributed by atoms with E-state index in [1.54, 1.807) is 33.5 Å². The van der Waals surface area contributed by atoms with Gasteiger partial charge in [-0.15, -0.1) is 0 Å². The predicted octanol–water partition coefficient (Wildman–Crippen LogP) is 5.96. The lowest BCUT2D eigenvalue weighted by Gasteiger charge is -2.14. The lowest BCUT2D eigenvalue weighted by atomic mass is 10.0.